The smallest absolute Gasteiger partial charge is 0.198 e. The lowest BCUT2D eigenvalue weighted by atomic mass is 10.2. The molecular formula is C8H6BrN3S2. The van der Waals surface area contributed by atoms with Crippen LogP contribution in [0, 0.1) is 4.77 Å². The number of halogens is 1. The zero-order valence-electron chi connectivity index (χ0n) is 6.95. The molecule has 0 atom stereocenters. The number of nitrogens with one attached hydrogen (secondary N) is 1. The third kappa shape index (κ3) is 1.87. The van der Waals surface area contributed by atoms with Crippen molar-refractivity contribution in [2.24, 2.45) is 0 Å². The van der Waals surface area contributed by atoms with E-state index in [2.05, 4.69) is 25.9 Å². The van der Waals surface area contributed by atoms with Gasteiger partial charge in [-0.2, -0.15) is 0 Å². The van der Waals surface area contributed by atoms with Gasteiger partial charge in [0.2, 0.25) is 0 Å². The van der Waals surface area contributed by atoms with Crippen molar-refractivity contribution in [3.8, 4) is 10.4 Å². The van der Waals surface area contributed by atoms with E-state index in [0.717, 1.165) is 14.2 Å². The Morgan fingerprint density at radius 1 is 1.50 bits per heavy atom. The molecule has 0 radical (unpaired) electrons. The molecule has 0 unspecified atom stereocenters. The van der Waals surface area contributed by atoms with E-state index >= 15 is 0 Å². The number of nitrogens with two attached hydrogens (primary N) is 1. The van der Waals surface area contributed by atoms with Crippen molar-refractivity contribution in [3.05, 3.63) is 26.9 Å². The fourth-order valence-electron chi connectivity index (χ4n) is 1.06. The predicted octanol–water partition coefficient (Wildman–Crippen LogP) is 3.21. The first kappa shape index (κ1) is 9.82. The Hall–Kier alpha value is -0.720. The zero-order valence-corrected chi connectivity index (χ0v) is 10.2. The van der Waals surface area contributed by atoms with Crippen LogP contribution in [0.2, 0.25) is 0 Å². The molecule has 3 N–H and O–H groups in total. The summed E-state index contributed by atoms with van der Waals surface area (Å²) in [5.74, 6) is 0.555. The lowest BCUT2D eigenvalue weighted by Crippen LogP contribution is -1.94. The van der Waals surface area contributed by atoms with E-state index in [9.17, 15) is 0 Å². The van der Waals surface area contributed by atoms with Crippen molar-refractivity contribution in [3.63, 3.8) is 0 Å². The van der Waals surface area contributed by atoms with Gasteiger partial charge in [0.25, 0.3) is 0 Å². The molecule has 6 heteroatoms. The third-order valence-electron chi connectivity index (χ3n) is 1.68. The topological polar surface area (TPSA) is 54.7 Å². The highest BCUT2D eigenvalue weighted by Gasteiger charge is 2.05. The third-order valence-corrected chi connectivity index (χ3v) is 3.55. The van der Waals surface area contributed by atoms with Crippen LogP contribution in [0.5, 0.6) is 0 Å². The Kier molecular flexibility index (Phi) is 2.66. The number of rotatable bonds is 1. The number of nitrogens with zero attached hydrogens (tertiary/aromatic N) is 1. The van der Waals surface area contributed by atoms with Gasteiger partial charge in [-0.1, -0.05) is 0 Å². The molecule has 0 bridgehead atoms. The zero-order chi connectivity index (χ0) is 10.1. The number of hydrogen-bond acceptors (Lipinski definition) is 4. The lowest BCUT2D eigenvalue weighted by Gasteiger charge is -2.00. The molecule has 0 saturated carbocycles. The number of aromatic nitrogens is 2. The van der Waals surface area contributed by atoms with Crippen LogP contribution in [-0.4, -0.2) is 9.97 Å². The van der Waals surface area contributed by atoms with Gasteiger partial charge in [0, 0.05) is 11.1 Å². The van der Waals surface area contributed by atoms with Crippen LogP contribution >= 0.6 is 39.5 Å². The minimum absolute atomic E-state index is 0.405. The average Bonchev–Trinajstić information content (AvgIpc) is 2.51. The molecule has 0 aliphatic rings. The molecule has 0 spiro atoms. The minimum atomic E-state index is 0.405. The summed E-state index contributed by atoms with van der Waals surface area (Å²) in [5.41, 5.74) is 6.68. The lowest BCUT2D eigenvalue weighted by molar-refractivity contribution is 1.15. The number of nitrogen functional groups attached to an aromatic ring is 1. The molecule has 0 aliphatic carbocycles. The molecule has 0 fully saturated rings. The summed E-state index contributed by atoms with van der Waals surface area (Å²) in [4.78, 5) is 7.88. The van der Waals surface area contributed by atoms with Crippen LogP contribution in [0.3, 0.4) is 0 Å². The first-order valence-corrected chi connectivity index (χ1v) is 5.79. The first-order valence-electron chi connectivity index (χ1n) is 3.77. The van der Waals surface area contributed by atoms with E-state index in [1.165, 1.54) is 0 Å². The number of aromatic amines is 1. The fourth-order valence-corrected chi connectivity index (χ4v) is 2.64. The summed E-state index contributed by atoms with van der Waals surface area (Å²) in [6.07, 6.45) is 1.69. The molecule has 2 aromatic heterocycles. The molecule has 0 aliphatic heterocycles. The molecule has 2 aromatic rings. The summed E-state index contributed by atoms with van der Waals surface area (Å²) in [7, 11) is 0. The summed E-state index contributed by atoms with van der Waals surface area (Å²) in [5, 5.41) is 0. The highest BCUT2D eigenvalue weighted by Crippen LogP contribution is 2.32. The van der Waals surface area contributed by atoms with Crippen LogP contribution in [0.1, 0.15) is 0 Å². The molecular weight excluding hydrogens is 282 g/mol. The van der Waals surface area contributed by atoms with Crippen molar-refractivity contribution < 1.29 is 0 Å². The maximum absolute atomic E-state index is 5.79. The Balaban J connectivity index is 2.57. The van der Waals surface area contributed by atoms with Crippen molar-refractivity contribution in [1.29, 1.82) is 0 Å². The van der Waals surface area contributed by atoms with Gasteiger partial charge in [-0.25, -0.2) is 4.98 Å². The Bertz CT molecular complexity index is 517. The molecule has 3 nitrogen and oxygen atoms in total. The van der Waals surface area contributed by atoms with E-state index in [0.29, 0.717) is 10.6 Å². The number of thiophene rings is 1. The van der Waals surface area contributed by atoms with E-state index in [1.54, 1.807) is 17.5 Å². The van der Waals surface area contributed by atoms with Gasteiger partial charge < -0.3 is 10.7 Å². The van der Waals surface area contributed by atoms with Gasteiger partial charge >= 0.3 is 0 Å². The Morgan fingerprint density at radius 3 is 2.86 bits per heavy atom. The standard InChI is InChI=1S/C8H6BrN3S2/c9-6-2-1-5(14-6)4-3-11-8(13)12-7(4)10/h1-3H,(H3,10,11,12,13). The molecule has 2 heterocycles. The first-order chi connectivity index (χ1) is 6.66. The summed E-state index contributed by atoms with van der Waals surface area (Å²) >= 11 is 9.86. The maximum Gasteiger partial charge on any atom is 0.198 e. The molecule has 2 rings (SSSR count). The normalized spacial score (nSPS) is 10.4. The number of H-pyrrole nitrogens is 1. The van der Waals surface area contributed by atoms with Gasteiger partial charge in [-0.05, 0) is 40.3 Å². The Labute approximate surface area is 98.1 Å². The largest absolute Gasteiger partial charge is 0.385 e. The highest BCUT2D eigenvalue weighted by atomic mass is 79.9. The second-order valence-corrected chi connectivity index (χ2v) is 5.47. The van der Waals surface area contributed by atoms with Crippen molar-refractivity contribution >= 4 is 45.3 Å². The minimum Gasteiger partial charge on any atom is -0.385 e. The highest BCUT2D eigenvalue weighted by molar-refractivity contribution is 9.11. The van der Waals surface area contributed by atoms with E-state index in [1.807, 2.05) is 12.1 Å². The molecule has 14 heavy (non-hydrogen) atoms. The summed E-state index contributed by atoms with van der Waals surface area (Å²) in [6, 6.07) is 3.96. The molecule has 0 aromatic carbocycles. The monoisotopic (exact) mass is 287 g/mol. The summed E-state index contributed by atoms with van der Waals surface area (Å²) in [6.45, 7) is 0. The van der Waals surface area contributed by atoms with Gasteiger partial charge in [0.05, 0.1) is 9.35 Å². The molecule has 0 amide bonds. The maximum atomic E-state index is 5.79. The molecule has 0 saturated heterocycles. The van der Waals surface area contributed by atoms with Crippen molar-refractivity contribution in [1.82, 2.24) is 9.97 Å². The second kappa shape index (κ2) is 3.80. The quantitative estimate of drug-likeness (QED) is 0.792. The number of hydrogen-bond donors (Lipinski definition) is 2. The van der Waals surface area contributed by atoms with E-state index in [4.69, 9.17) is 18.0 Å². The van der Waals surface area contributed by atoms with Crippen LogP contribution in [0.15, 0.2) is 22.1 Å². The average molecular weight is 288 g/mol. The van der Waals surface area contributed by atoms with Crippen LogP contribution < -0.4 is 5.73 Å². The molecule has 72 valence electrons. The van der Waals surface area contributed by atoms with Gasteiger partial charge in [0.15, 0.2) is 4.77 Å². The summed E-state index contributed by atoms with van der Waals surface area (Å²) < 4.78 is 1.47. The van der Waals surface area contributed by atoms with Crippen molar-refractivity contribution in [2.45, 2.75) is 0 Å². The SMILES string of the molecule is Nc1[nH]c(=S)ncc1-c1ccc(Br)s1. The van der Waals surface area contributed by atoms with Crippen LogP contribution in [-0.2, 0) is 0 Å². The van der Waals surface area contributed by atoms with Crippen molar-refractivity contribution in [2.75, 3.05) is 5.73 Å². The van der Waals surface area contributed by atoms with E-state index < -0.39 is 0 Å². The van der Waals surface area contributed by atoms with Crippen LogP contribution in [0.4, 0.5) is 5.82 Å². The van der Waals surface area contributed by atoms with Gasteiger partial charge in [-0.15, -0.1) is 11.3 Å². The van der Waals surface area contributed by atoms with Crippen LogP contribution in [0.25, 0.3) is 10.4 Å². The van der Waals surface area contributed by atoms with Gasteiger partial charge in [-0.3, -0.25) is 0 Å². The Morgan fingerprint density at radius 2 is 2.29 bits per heavy atom. The second-order valence-electron chi connectivity index (χ2n) is 2.62. The predicted molar refractivity (Wildman–Crippen MR) is 64.8 cm³/mol. The fraction of sp³-hybridized carbons (Fsp3) is 0. The van der Waals surface area contributed by atoms with Gasteiger partial charge in [0.1, 0.15) is 5.82 Å². The van der Waals surface area contributed by atoms with E-state index in [-0.39, 0.29) is 0 Å². The number of anilines is 1.